The highest BCUT2D eigenvalue weighted by molar-refractivity contribution is 7.80. The fraction of sp³-hybridized carbons (Fsp3) is 0.419. The molecule has 0 unspecified atom stereocenters. The lowest BCUT2D eigenvalue weighted by molar-refractivity contribution is -0.140. The summed E-state index contributed by atoms with van der Waals surface area (Å²) in [7, 11) is 4.66. The molecule has 1 aliphatic heterocycles. The third-order valence-electron chi connectivity index (χ3n) is 7.21. The van der Waals surface area contributed by atoms with Crippen LogP contribution in [-0.4, -0.2) is 86.5 Å². The Labute approximate surface area is 254 Å². The maximum Gasteiger partial charge on any atom is 0.406 e. The van der Waals surface area contributed by atoms with Gasteiger partial charge in [-0.15, -0.1) is 0 Å². The molecule has 1 aliphatic rings. The summed E-state index contributed by atoms with van der Waals surface area (Å²) in [5.74, 6) is 6.07. The molecule has 3 aromatic rings. The molecular weight excluding hydrogens is 579 g/mol. The number of nitrogens with one attached hydrogen (secondary N) is 3. The maximum atomic E-state index is 13.6. The predicted octanol–water partition coefficient (Wildman–Crippen LogP) is 4.93. The van der Waals surface area contributed by atoms with Crippen LogP contribution in [-0.2, 0) is 11.3 Å². The van der Waals surface area contributed by atoms with Gasteiger partial charge >= 0.3 is 6.18 Å². The van der Waals surface area contributed by atoms with Crippen molar-refractivity contribution in [3.05, 3.63) is 53.7 Å². The lowest BCUT2D eigenvalue weighted by Gasteiger charge is -2.33. The van der Waals surface area contributed by atoms with Crippen LogP contribution in [0.1, 0.15) is 28.9 Å². The third kappa shape index (κ3) is 8.63. The highest BCUT2D eigenvalue weighted by Gasteiger charge is 2.30. The maximum absolute atomic E-state index is 13.6. The van der Waals surface area contributed by atoms with Crippen LogP contribution in [0, 0.1) is 11.8 Å². The zero-order valence-corrected chi connectivity index (χ0v) is 25.3. The molecule has 0 atom stereocenters. The zero-order valence-electron chi connectivity index (χ0n) is 24.4. The number of methoxy groups -OCH3 is 2. The van der Waals surface area contributed by atoms with E-state index < -0.39 is 12.7 Å². The van der Waals surface area contributed by atoms with E-state index in [0.717, 1.165) is 43.0 Å². The van der Waals surface area contributed by atoms with Crippen LogP contribution in [0.15, 0.2) is 42.5 Å². The number of benzene rings is 2. The highest BCUT2D eigenvalue weighted by atomic mass is 32.1. The summed E-state index contributed by atoms with van der Waals surface area (Å²) < 4.78 is 52.6. The molecule has 8 nitrogen and oxygen atoms in total. The monoisotopic (exact) mass is 615 g/mol. The van der Waals surface area contributed by atoms with E-state index in [0.29, 0.717) is 34.5 Å². The van der Waals surface area contributed by atoms with E-state index in [1.165, 1.54) is 11.7 Å². The Bertz CT molecular complexity index is 1500. The van der Waals surface area contributed by atoms with Crippen molar-refractivity contribution in [2.24, 2.45) is 0 Å². The summed E-state index contributed by atoms with van der Waals surface area (Å²) in [5.41, 5.74) is 2.57. The van der Waals surface area contributed by atoms with Gasteiger partial charge in [0.25, 0.3) is 5.91 Å². The van der Waals surface area contributed by atoms with Crippen molar-refractivity contribution in [2.75, 3.05) is 64.7 Å². The first-order valence-corrected chi connectivity index (χ1v) is 14.3. The molecule has 0 aliphatic carbocycles. The lowest BCUT2D eigenvalue weighted by atomic mass is 10.0. The minimum absolute atomic E-state index is 0.153. The van der Waals surface area contributed by atoms with Crippen molar-refractivity contribution < 1.29 is 27.4 Å². The largest absolute Gasteiger partial charge is 0.495 e. The van der Waals surface area contributed by atoms with Crippen LogP contribution in [0.3, 0.4) is 0 Å². The SMILES string of the molecule is CNC(=O)c1ccc(NCC#Cc2cc3c(NC4CCN(CC(=S)COC)CC4)cccc3n2CC(F)(F)F)c(OC)c1. The number of halogens is 3. The fourth-order valence-corrected chi connectivity index (χ4v) is 5.47. The number of thiocarbonyl (C=S) groups is 1. The molecule has 2 heterocycles. The number of carbonyl (C=O) groups is 1. The molecule has 1 saturated heterocycles. The van der Waals surface area contributed by atoms with E-state index in [1.54, 1.807) is 50.6 Å². The second-order valence-corrected chi connectivity index (χ2v) is 10.9. The van der Waals surface area contributed by atoms with Crippen LogP contribution in [0.4, 0.5) is 24.5 Å². The first-order chi connectivity index (χ1) is 20.6. The Morgan fingerprint density at radius 3 is 2.56 bits per heavy atom. The van der Waals surface area contributed by atoms with Gasteiger partial charge in [0.2, 0.25) is 0 Å². The Kier molecular flexibility index (Phi) is 10.9. The van der Waals surface area contributed by atoms with Gasteiger partial charge in [0, 0.05) is 61.3 Å². The van der Waals surface area contributed by atoms with Gasteiger partial charge in [-0.25, -0.2) is 0 Å². The number of anilines is 2. The smallest absolute Gasteiger partial charge is 0.406 e. The number of nitrogens with zero attached hydrogens (tertiary/aromatic N) is 2. The second-order valence-electron chi connectivity index (χ2n) is 10.3. The summed E-state index contributed by atoms with van der Waals surface area (Å²) >= 11 is 5.37. The molecule has 3 N–H and O–H groups in total. The number of ether oxygens (including phenoxy) is 2. The van der Waals surface area contributed by atoms with E-state index in [2.05, 4.69) is 32.7 Å². The predicted molar refractivity (Wildman–Crippen MR) is 167 cm³/mol. The van der Waals surface area contributed by atoms with Crippen LogP contribution < -0.4 is 20.7 Å². The minimum atomic E-state index is -4.42. The molecule has 2 aromatic carbocycles. The average molecular weight is 616 g/mol. The lowest BCUT2D eigenvalue weighted by Crippen LogP contribution is -2.41. The molecule has 4 rings (SSSR count). The van der Waals surface area contributed by atoms with Gasteiger partial charge in [0.05, 0.1) is 37.2 Å². The quantitative estimate of drug-likeness (QED) is 0.209. The average Bonchev–Trinajstić information content (AvgIpc) is 3.32. The van der Waals surface area contributed by atoms with E-state index in [1.807, 2.05) is 6.07 Å². The molecule has 1 fully saturated rings. The number of piperidine rings is 1. The number of likely N-dealkylation sites (tertiary alicyclic amines) is 1. The Balaban J connectivity index is 1.51. The van der Waals surface area contributed by atoms with Crippen molar-refractivity contribution in [1.29, 1.82) is 0 Å². The van der Waals surface area contributed by atoms with Crippen LogP contribution in [0.2, 0.25) is 0 Å². The molecular formula is C31H36F3N5O3S. The second kappa shape index (κ2) is 14.6. The summed E-state index contributed by atoms with van der Waals surface area (Å²) in [6.07, 6.45) is -2.64. The zero-order chi connectivity index (χ0) is 31.0. The number of carbonyl (C=O) groups excluding carboxylic acids is 1. The van der Waals surface area contributed by atoms with Crippen molar-refractivity contribution >= 4 is 45.3 Å². The Morgan fingerprint density at radius 2 is 1.88 bits per heavy atom. The van der Waals surface area contributed by atoms with Crippen LogP contribution in [0.5, 0.6) is 5.75 Å². The number of rotatable bonds is 11. The van der Waals surface area contributed by atoms with Gasteiger partial charge in [0.15, 0.2) is 0 Å². The number of fused-ring (bicyclic) bond motifs is 1. The fourth-order valence-electron chi connectivity index (χ4n) is 5.17. The Hall–Kier alpha value is -3.79. The molecule has 1 aromatic heterocycles. The molecule has 0 radical (unpaired) electrons. The molecule has 43 heavy (non-hydrogen) atoms. The minimum Gasteiger partial charge on any atom is -0.495 e. The first kappa shape index (κ1) is 32.1. The number of aromatic nitrogens is 1. The van der Waals surface area contributed by atoms with Gasteiger partial charge < -0.3 is 30.0 Å². The summed E-state index contributed by atoms with van der Waals surface area (Å²) in [6.45, 7) is 1.93. The van der Waals surface area contributed by atoms with Crippen molar-refractivity contribution in [3.63, 3.8) is 0 Å². The summed E-state index contributed by atoms with van der Waals surface area (Å²) in [4.78, 5) is 15.1. The third-order valence-corrected chi connectivity index (χ3v) is 7.46. The van der Waals surface area contributed by atoms with Gasteiger partial charge in [-0.3, -0.25) is 9.69 Å². The molecule has 12 heteroatoms. The summed E-state index contributed by atoms with van der Waals surface area (Å²) in [5, 5.41) is 9.93. The number of amides is 1. The van der Waals surface area contributed by atoms with Crippen LogP contribution >= 0.6 is 12.2 Å². The van der Waals surface area contributed by atoms with Crippen molar-refractivity contribution in [2.45, 2.75) is 31.6 Å². The van der Waals surface area contributed by atoms with Gasteiger partial charge in [-0.2, -0.15) is 13.2 Å². The molecule has 230 valence electrons. The van der Waals surface area contributed by atoms with Gasteiger partial charge in [0.1, 0.15) is 12.3 Å². The number of hydrogen-bond acceptors (Lipinski definition) is 7. The van der Waals surface area contributed by atoms with Crippen molar-refractivity contribution in [1.82, 2.24) is 14.8 Å². The van der Waals surface area contributed by atoms with E-state index in [-0.39, 0.29) is 24.2 Å². The molecule has 0 saturated carbocycles. The highest BCUT2D eigenvalue weighted by Crippen LogP contribution is 2.31. The molecule has 0 spiro atoms. The summed E-state index contributed by atoms with van der Waals surface area (Å²) in [6, 6.07) is 12.2. The molecule has 0 bridgehead atoms. The van der Waals surface area contributed by atoms with Gasteiger partial charge in [-0.05, 0) is 55.2 Å². The van der Waals surface area contributed by atoms with E-state index in [4.69, 9.17) is 21.7 Å². The topological polar surface area (TPSA) is 79.8 Å². The Morgan fingerprint density at radius 1 is 1.12 bits per heavy atom. The van der Waals surface area contributed by atoms with Crippen molar-refractivity contribution in [3.8, 4) is 17.6 Å². The number of hydrogen-bond donors (Lipinski definition) is 3. The van der Waals surface area contributed by atoms with E-state index in [9.17, 15) is 18.0 Å². The first-order valence-electron chi connectivity index (χ1n) is 13.9. The van der Waals surface area contributed by atoms with Crippen LogP contribution in [0.25, 0.3) is 10.9 Å². The standard InChI is InChI=1S/C31H36F3N5O3S/c1-35-30(40)21-9-10-27(29(16-21)42-3)36-13-5-6-23-17-25-26(7-4-8-28(25)39(23)20-31(32,33)34)37-22-11-14-38(15-12-22)18-24(43)19-41-2/h4,7-10,16-17,22,36-37H,11-15,18-20H2,1-3H3,(H,35,40). The normalized spacial score (nSPS) is 14.2. The number of alkyl halides is 3. The van der Waals surface area contributed by atoms with E-state index >= 15 is 0 Å². The van der Waals surface area contributed by atoms with Gasteiger partial charge in [-0.1, -0.05) is 24.2 Å². The molecule has 1 amide bonds.